The molecular weight excluding hydrogens is 146 g/mol. The molecule has 0 aromatic rings. The average molecular weight is 171 g/mol. The average Bonchev–Trinajstić information content (AvgIpc) is 2.00. The van der Waals surface area contributed by atoms with Crippen LogP contribution in [0.1, 0.15) is 59.3 Å². The number of hydrogen-bond donors (Lipinski definition) is 1. The lowest BCUT2D eigenvalue weighted by atomic mass is 10.0. The van der Waals surface area contributed by atoms with Gasteiger partial charge in [0.1, 0.15) is 0 Å². The molecule has 0 rings (SSSR count). The number of unbranched alkanes of at least 4 members (excludes halogenated alkanes) is 1. The molecule has 0 aliphatic carbocycles. The van der Waals surface area contributed by atoms with Crippen LogP contribution in [0.4, 0.5) is 0 Å². The molecule has 0 heterocycles. The largest absolute Gasteiger partial charge is 0.328 e. The Balaban J connectivity index is 3.13. The Morgan fingerprint density at radius 2 is 1.58 bits per heavy atom. The van der Waals surface area contributed by atoms with Gasteiger partial charge in [-0.15, -0.1) is 0 Å². The molecule has 0 aromatic heterocycles. The molecule has 0 fully saturated rings. The van der Waals surface area contributed by atoms with Gasteiger partial charge in [-0.1, -0.05) is 46.5 Å². The van der Waals surface area contributed by atoms with E-state index >= 15 is 0 Å². The van der Waals surface area contributed by atoms with Crippen molar-refractivity contribution >= 4 is 0 Å². The molecule has 0 radical (unpaired) electrons. The molecule has 12 heavy (non-hydrogen) atoms. The molecule has 0 aromatic carbocycles. The van der Waals surface area contributed by atoms with Gasteiger partial charge in [-0.2, -0.15) is 0 Å². The third kappa shape index (κ3) is 8.06. The Bertz CT molecular complexity index is 89.0. The minimum Gasteiger partial charge on any atom is -0.328 e. The molecule has 1 atom stereocenters. The standard InChI is InChI=1S/C11H25N/c1-4-5-8-11(12)9-6-7-10(2)3/h10-11H,4-9,12H2,1-3H3. The molecule has 1 unspecified atom stereocenters. The van der Waals surface area contributed by atoms with Gasteiger partial charge in [0.25, 0.3) is 0 Å². The molecule has 0 saturated carbocycles. The van der Waals surface area contributed by atoms with Gasteiger partial charge in [0, 0.05) is 6.04 Å². The second-order valence-corrected chi connectivity index (χ2v) is 4.23. The van der Waals surface area contributed by atoms with Gasteiger partial charge < -0.3 is 5.73 Å². The van der Waals surface area contributed by atoms with Crippen LogP contribution >= 0.6 is 0 Å². The van der Waals surface area contributed by atoms with Crippen molar-refractivity contribution in [3.8, 4) is 0 Å². The first-order valence-corrected chi connectivity index (χ1v) is 5.42. The van der Waals surface area contributed by atoms with Gasteiger partial charge in [-0.3, -0.25) is 0 Å². The smallest absolute Gasteiger partial charge is 0.00388 e. The Morgan fingerprint density at radius 3 is 2.08 bits per heavy atom. The highest BCUT2D eigenvalue weighted by Crippen LogP contribution is 2.10. The summed E-state index contributed by atoms with van der Waals surface area (Å²) in [6.45, 7) is 6.77. The zero-order valence-corrected chi connectivity index (χ0v) is 8.97. The lowest BCUT2D eigenvalue weighted by Crippen LogP contribution is -2.19. The first-order chi connectivity index (χ1) is 5.66. The van der Waals surface area contributed by atoms with Crippen LogP contribution in [0.5, 0.6) is 0 Å². The van der Waals surface area contributed by atoms with E-state index in [9.17, 15) is 0 Å². The Hall–Kier alpha value is -0.0400. The minimum absolute atomic E-state index is 0.462. The van der Waals surface area contributed by atoms with E-state index in [-0.39, 0.29) is 0 Å². The van der Waals surface area contributed by atoms with Crippen molar-refractivity contribution in [1.82, 2.24) is 0 Å². The first kappa shape index (κ1) is 12.0. The zero-order valence-electron chi connectivity index (χ0n) is 8.97. The monoisotopic (exact) mass is 171 g/mol. The zero-order chi connectivity index (χ0) is 9.40. The lowest BCUT2D eigenvalue weighted by Gasteiger charge is -2.11. The maximum absolute atomic E-state index is 5.95. The maximum atomic E-state index is 5.95. The molecule has 0 aliphatic rings. The van der Waals surface area contributed by atoms with E-state index in [0.29, 0.717) is 6.04 Å². The molecule has 0 amide bonds. The SMILES string of the molecule is CCCCC(N)CCCC(C)C. The van der Waals surface area contributed by atoms with Crippen LogP contribution in [-0.4, -0.2) is 6.04 Å². The third-order valence-corrected chi connectivity index (χ3v) is 2.28. The van der Waals surface area contributed by atoms with Gasteiger partial charge in [0.2, 0.25) is 0 Å². The molecule has 74 valence electrons. The summed E-state index contributed by atoms with van der Waals surface area (Å²) in [6, 6.07) is 0.462. The van der Waals surface area contributed by atoms with Crippen LogP contribution in [-0.2, 0) is 0 Å². The number of nitrogens with two attached hydrogens (primary N) is 1. The highest BCUT2D eigenvalue weighted by atomic mass is 14.6. The second-order valence-electron chi connectivity index (χ2n) is 4.23. The predicted molar refractivity (Wildman–Crippen MR) is 56.2 cm³/mol. The lowest BCUT2D eigenvalue weighted by molar-refractivity contribution is 0.473. The minimum atomic E-state index is 0.462. The van der Waals surface area contributed by atoms with Crippen LogP contribution < -0.4 is 5.73 Å². The molecule has 1 heteroatoms. The van der Waals surface area contributed by atoms with Crippen LogP contribution in [0.15, 0.2) is 0 Å². The topological polar surface area (TPSA) is 26.0 Å². The van der Waals surface area contributed by atoms with Crippen molar-refractivity contribution in [2.75, 3.05) is 0 Å². The quantitative estimate of drug-likeness (QED) is 0.624. The summed E-state index contributed by atoms with van der Waals surface area (Å²) < 4.78 is 0. The van der Waals surface area contributed by atoms with Crippen LogP contribution in [0.3, 0.4) is 0 Å². The predicted octanol–water partition coefficient (Wildman–Crippen LogP) is 3.33. The first-order valence-electron chi connectivity index (χ1n) is 5.42. The Labute approximate surface area is 77.7 Å². The van der Waals surface area contributed by atoms with Gasteiger partial charge in [-0.05, 0) is 18.8 Å². The van der Waals surface area contributed by atoms with E-state index in [0.717, 1.165) is 5.92 Å². The van der Waals surface area contributed by atoms with Gasteiger partial charge in [-0.25, -0.2) is 0 Å². The summed E-state index contributed by atoms with van der Waals surface area (Å²) in [7, 11) is 0. The number of hydrogen-bond acceptors (Lipinski definition) is 1. The van der Waals surface area contributed by atoms with E-state index in [1.165, 1.54) is 38.5 Å². The van der Waals surface area contributed by atoms with Gasteiger partial charge in [0.05, 0.1) is 0 Å². The Morgan fingerprint density at radius 1 is 1.00 bits per heavy atom. The molecule has 0 saturated heterocycles. The highest BCUT2D eigenvalue weighted by Gasteiger charge is 2.01. The highest BCUT2D eigenvalue weighted by molar-refractivity contribution is 4.61. The summed E-state index contributed by atoms with van der Waals surface area (Å²) in [5.74, 6) is 0.836. The van der Waals surface area contributed by atoms with Gasteiger partial charge in [0.15, 0.2) is 0 Å². The summed E-state index contributed by atoms with van der Waals surface area (Å²) in [5.41, 5.74) is 5.95. The van der Waals surface area contributed by atoms with Crippen molar-refractivity contribution in [2.24, 2.45) is 11.7 Å². The van der Waals surface area contributed by atoms with Crippen molar-refractivity contribution in [3.05, 3.63) is 0 Å². The molecule has 0 bridgehead atoms. The molecule has 2 N–H and O–H groups in total. The number of rotatable bonds is 7. The van der Waals surface area contributed by atoms with E-state index in [2.05, 4.69) is 20.8 Å². The van der Waals surface area contributed by atoms with Crippen LogP contribution in [0, 0.1) is 5.92 Å². The van der Waals surface area contributed by atoms with E-state index in [1.807, 2.05) is 0 Å². The van der Waals surface area contributed by atoms with Crippen LogP contribution in [0.25, 0.3) is 0 Å². The Kier molecular flexibility index (Phi) is 7.58. The summed E-state index contributed by atoms with van der Waals surface area (Å²) >= 11 is 0. The van der Waals surface area contributed by atoms with Crippen LogP contribution in [0.2, 0.25) is 0 Å². The maximum Gasteiger partial charge on any atom is 0.00388 e. The molecule has 0 aliphatic heterocycles. The van der Waals surface area contributed by atoms with Crippen molar-refractivity contribution in [1.29, 1.82) is 0 Å². The molecular formula is C11H25N. The van der Waals surface area contributed by atoms with Gasteiger partial charge >= 0.3 is 0 Å². The fraction of sp³-hybridized carbons (Fsp3) is 1.00. The summed E-state index contributed by atoms with van der Waals surface area (Å²) in [6.07, 6.45) is 7.65. The van der Waals surface area contributed by atoms with E-state index in [4.69, 9.17) is 5.73 Å². The van der Waals surface area contributed by atoms with Crippen molar-refractivity contribution in [2.45, 2.75) is 65.3 Å². The summed E-state index contributed by atoms with van der Waals surface area (Å²) in [4.78, 5) is 0. The second kappa shape index (κ2) is 7.60. The van der Waals surface area contributed by atoms with Crippen molar-refractivity contribution in [3.63, 3.8) is 0 Å². The molecule has 0 spiro atoms. The van der Waals surface area contributed by atoms with E-state index < -0.39 is 0 Å². The summed E-state index contributed by atoms with van der Waals surface area (Å²) in [5, 5.41) is 0. The fourth-order valence-electron chi connectivity index (χ4n) is 1.40. The fourth-order valence-corrected chi connectivity index (χ4v) is 1.40. The normalized spacial score (nSPS) is 13.8. The van der Waals surface area contributed by atoms with Crippen molar-refractivity contribution < 1.29 is 0 Å². The van der Waals surface area contributed by atoms with E-state index in [1.54, 1.807) is 0 Å². The third-order valence-electron chi connectivity index (χ3n) is 2.28. The molecule has 1 nitrogen and oxygen atoms in total.